The lowest BCUT2D eigenvalue weighted by molar-refractivity contribution is 0.102. The molecule has 1 aliphatic rings. The monoisotopic (exact) mass is 284 g/mol. The van der Waals surface area contributed by atoms with Gasteiger partial charge in [-0.3, -0.25) is 4.90 Å². The van der Waals surface area contributed by atoms with E-state index in [2.05, 4.69) is 35.3 Å². The number of hydrogen-bond acceptors (Lipinski definition) is 3. The third kappa shape index (κ3) is 2.87. The number of nitrogens with two attached hydrogens (primary N) is 1. The quantitative estimate of drug-likeness (QED) is 0.939. The Bertz CT molecular complexity index is 551. The summed E-state index contributed by atoms with van der Waals surface area (Å²) in [6.45, 7) is 5.21. The van der Waals surface area contributed by atoms with Crippen LogP contribution in [0.2, 0.25) is 0 Å². The minimum absolute atomic E-state index is 0.409. The van der Waals surface area contributed by atoms with Crippen LogP contribution >= 0.6 is 0 Å². The minimum atomic E-state index is 0.409. The topological polar surface area (TPSA) is 47.1 Å². The zero-order chi connectivity index (χ0) is 14.7. The van der Waals surface area contributed by atoms with Crippen molar-refractivity contribution in [2.75, 3.05) is 19.6 Å². The number of para-hydroxylation sites is 1. The van der Waals surface area contributed by atoms with E-state index in [9.17, 15) is 0 Å². The summed E-state index contributed by atoms with van der Waals surface area (Å²) in [5.41, 5.74) is 8.40. The molecular weight excluding hydrogens is 260 g/mol. The highest BCUT2D eigenvalue weighted by atomic mass is 15.3. The maximum absolute atomic E-state index is 6.01. The molecule has 2 aromatic rings. The molecule has 2 N–H and O–H groups in total. The van der Waals surface area contributed by atoms with E-state index in [1.54, 1.807) is 0 Å². The van der Waals surface area contributed by atoms with Crippen LogP contribution in [0.5, 0.6) is 0 Å². The van der Waals surface area contributed by atoms with Crippen molar-refractivity contribution in [1.29, 1.82) is 0 Å². The van der Waals surface area contributed by atoms with Gasteiger partial charge in [-0.1, -0.05) is 25.1 Å². The first-order valence-corrected chi connectivity index (χ1v) is 7.87. The van der Waals surface area contributed by atoms with Crippen molar-refractivity contribution in [3.63, 3.8) is 0 Å². The molecule has 0 radical (unpaired) electrons. The number of aromatic nitrogens is 2. The van der Waals surface area contributed by atoms with Gasteiger partial charge in [-0.15, -0.1) is 0 Å². The third-order valence-electron chi connectivity index (χ3n) is 4.53. The Labute approximate surface area is 126 Å². The smallest absolute Gasteiger partial charge is 0.0645 e. The summed E-state index contributed by atoms with van der Waals surface area (Å²) >= 11 is 0. The zero-order valence-corrected chi connectivity index (χ0v) is 12.7. The maximum atomic E-state index is 6.01. The molecule has 0 spiro atoms. The van der Waals surface area contributed by atoms with Crippen LogP contribution in [-0.4, -0.2) is 34.3 Å². The van der Waals surface area contributed by atoms with Crippen molar-refractivity contribution in [3.05, 3.63) is 48.3 Å². The van der Waals surface area contributed by atoms with Gasteiger partial charge in [-0.05, 0) is 50.5 Å². The van der Waals surface area contributed by atoms with E-state index >= 15 is 0 Å². The Morgan fingerprint density at radius 3 is 2.81 bits per heavy atom. The summed E-state index contributed by atoms with van der Waals surface area (Å²) in [6, 6.07) is 10.7. The first kappa shape index (κ1) is 14.3. The second-order valence-corrected chi connectivity index (χ2v) is 5.77. The summed E-state index contributed by atoms with van der Waals surface area (Å²) in [6.07, 6.45) is 6.64. The highest BCUT2D eigenvalue weighted by molar-refractivity contribution is 5.31. The lowest BCUT2D eigenvalue weighted by Crippen LogP contribution is -2.41. The summed E-state index contributed by atoms with van der Waals surface area (Å²) in [4.78, 5) is 2.54. The van der Waals surface area contributed by atoms with E-state index in [1.807, 2.05) is 29.1 Å². The van der Waals surface area contributed by atoms with Gasteiger partial charge in [0.1, 0.15) is 0 Å². The maximum Gasteiger partial charge on any atom is 0.0645 e. The second-order valence-electron chi connectivity index (χ2n) is 5.77. The van der Waals surface area contributed by atoms with Crippen LogP contribution in [0.3, 0.4) is 0 Å². The fraction of sp³-hybridized carbons (Fsp3) is 0.471. The molecule has 4 heteroatoms. The second kappa shape index (κ2) is 6.41. The average molecular weight is 284 g/mol. The average Bonchev–Trinajstić information content (AvgIpc) is 3.04. The van der Waals surface area contributed by atoms with Crippen molar-refractivity contribution in [3.8, 4) is 5.69 Å². The summed E-state index contributed by atoms with van der Waals surface area (Å²) in [5, 5.41) is 4.55. The van der Waals surface area contributed by atoms with Gasteiger partial charge in [0.05, 0.1) is 11.9 Å². The van der Waals surface area contributed by atoms with E-state index in [0.717, 1.165) is 25.3 Å². The lowest BCUT2D eigenvalue weighted by atomic mass is 9.86. The Kier molecular flexibility index (Phi) is 4.36. The summed E-state index contributed by atoms with van der Waals surface area (Å²) in [7, 11) is 0. The molecule has 2 unspecified atom stereocenters. The van der Waals surface area contributed by atoms with Crippen molar-refractivity contribution in [1.82, 2.24) is 14.7 Å². The van der Waals surface area contributed by atoms with Crippen LogP contribution in [0, 0.1) is 5.92 Å². The van der Waals surface area contributed by atoms with E-state index in [-0.39, 0.29) is 0 Å². The highest BCUT2D eigenvalue weighted by Gasteiger charge is 2.31. The fourth-order valence-corrected chi connectivity index (χ4v) is 3.45. The molecule has 4 nitrogen and oxygen atoms in total. The molecule has 2 atom stereocenters. The first-order chi connectivity index (χ1) is 10.3. The standard InChI is InChI=1S/C17H24N4/c1-2-20-10-6-7-14(11-18)17(20)15-12-19-21(13-15)16-8-4-3-5-9-16/h3-5,8-9,12-14,17H,2,6-7,10-11,18H2,1H3. The molecule has 21 heavy (non-hydrogen) atoms. The lowest BCUT2D eigenvalue weighted by Gasteiger charge is -2.40. The van der Waals surface area contributed by atoms with Gasteiger partial charge in [0, 0.05) is 17.8 Å². The largest absolute Gasteiger partial charge is 0.330 e. The number of rotatable bonds is 4. The van der Waals surface area contributed by atoms with Crippen LogP contribution in [-0.2, 0) is 0 Å². The zero-order valence-electron chi connectivity index (χ0n) is 12.7. The molecule has 0 saturated carbocycles. The van der Waals surface area contributed by atoms with Crippen molar-refractivity contribution in [2.45, 2.75) is 25.8 Å². The van der Waals surface area contributed by atoms with Gasteiger partial charge in [-0.25, -0.2) is 4.68 Å². The van der Waals surface area contributed by atoms with Crippen molar-refractivity contribution in [2.24, 2.45) is 11.7 Å². The molecule has 2 heterocycles. The normalized spacial score (nSPS) is 23.3. The molecule has 1 fully saturated rings. The van der Waals surface area contributed by atoms with Gasteiger partial charge in [0.25, 0.3) is 0 Å². The number of hydrogen-bond donors (Lipinski definition) is 1. The third-order valence-corrected chi connectivity index (χ3v) is 4.53. The van der Waals surface area contributed by atoms with E-state index in [4.69, 9.17) is 5.73 Å². The molecule has 1 saturated heterocycles. The van der Waals surface area contributed by atoms with E-state index in [0.29, 0.717) is 12.0 Å². The van der Waals surface area contributed by atoms with Gasteiger partial charge < -0.3 is 5.73 Å². The Morgan fingerprint density at radius 2 is 2.10 bits per heavy atom. The molecular formula is C17H24N4. The number of nitrogens with zero attached hydrogens (tertiary/aromatic N) is 3. The number of benzene rings is 1. The predicted octanol–water partition coefficient (Wildman–Crippen LogP) is 2.60. The SMILES string of the molecule is CCN1CCCC(CN)C1c1cnn(-c2ccccc2)c1. The number of likely N-dealkylation sites (tertiary alicyclic amines) is 1. The van der Waals surface area contributed by atoms with Gasteiger partial charge in [0.2, 0.25) is 0 Å². The Morgan fingerprint density at radius 1 is 1.29 bits per heavy atom. The van der Waals surface area contributed by atoms with Gasteiger partial charge in [0.15, 0.2) is 0 Å². The highest BCUT2D eigenvalue weighted by Crippen LogP contribution is 2.35. The summed E-state index contributed by atoms with van der Waals surface area (Å²) in [5.74, 6) is 0.534. The Hall–Kier alpha value is -1.65. The molecule has 3 rings (SSSR count). The van der Waals surface area contributed by atoms with Crippen LogP contribution in [0.25, 0.3) is 5.69 Å². The van der Waals surface area contributed by atoms with E-state index < -0.39 is 0 Å². The molecule has 112 valence electrons. The fourth-order valence-electron chi connectivity index (χ4n) is 3.45. The van der Waals surface area contributed by atoms with Crippen molar-refractivity contribution >= 4 is 0 Å². The molecule has 0 bridgehead atoms. The van der Waals surface area contributed by atoms with Gasteiger partial charge >= 0.3 is 0 Å². The molecule has 0 amide bonds. The molecule has 0 aliphatic carbocycles. The van der Waals surface area contributed by atoms with E-state index in [1.165, 1.54) is 18.4 Å². The minimum Gasteiger partial charge on any atom is -0.330 e. The predicted molar refractivity (Wildman–Crippen MR) is 85.3 cm³/mol. The van der Waals surface area contributed by atoms with Crippen LogP contribution in [0.15, 0.2) is 42.7 Å². The van der Waals surface area contributed by atoms with Crippen LogP contribution in [0.4, 0.5) is 0 Å². The first-order valence-electron chi connectivity index (χ1n) is 7.87. The van der Waals surface area contributed by atoms with Crippen LogP contribution in [0.1, 0.15) is 31.4 Å². The molecule has 1 aromatic heterocycles. The Balaban J connectivity index is 1.89. The van der Waals surface area contributed by atoms with Crippen molar-refractivity contribution < 1.29 is 0 Å². The molecule has 1 aliphatic heterocycles. The molecule has 1 aromatic carbocycles. The summed E-state index contributed by atoms with van der Waals surface area (Å²) < 4.78 is 1.96. The number of piperidine rings is 1. The van der Waals surface area contributed by atoms with Gasteiger partial charge in [-0.2, -0.15) is 5.10 Å². The van der Waals surface area contributed by atoms with Crippen LogP contribution < -0.4 is 5.73 Å².